The van der Waals surface area contributed by atoms with Crippen molar-refractivity contribution in [3.05, 3.63) is 224 Å². The molecule has 0 spiro atoms. The van der Waals surface area contributed by atoms with Crippen LogP contribution in [-0.2, 0) is 0 Å². The summed E-state index contributed by atoms with van der Waals surface area (Å²) in [7, 11) is 0. The van der Waals surface area contributed by atoms with Crippen molar-refractivity contribution in [2.75, 3.05) is 0 Å². The number of hydrogen-bond acceptors (Lipinski definition) is 3. The Balaban J connectivity index is 0.997. The van der Waals surface area contributed by atoms with E-state index >= 15 is 0 Å². The molecule has 0 bridgehead atoms. The first-order chi connectivity index (χ1) is 29.7. The Bertz CT molecular complexity index is 3330. The number of hydrogen-bond donors (Lipinski definition) is 0. The van der Waals surface area contributed by atoms with Crippen molar-refractivity contribution in [1.82, 2.24) is 15.0 Å². The van der Waals surface area contributed by atoms with E-state index in [9.17, 15) is 0 Å². The molecule has 1 heterocycles. The van der Waals surface area contributed by atoms with E-state index in [2.05, 4.69) is 224 Å². The van der Waals surface area contributed by atoms with Gasteiger partial charge >= 0.3 is 0 Å². The quantitative estimate of drug-likeness (QED) is 0.162. The van der Waals surface area contributed by atoms with E-state index in [1.807, 2.05) is 0 Å². The van der Waals surface area contributed by atoms with Crippen LogP contribution in [0.2, 0.25) is 0 Å². The van der Waals surface area contributed by atoms with Crippen LogP contribution in [0.1, 0.15) is 0 Å². The second kappa shape index (κ2) is 15.1. The van der Waals surface area contributed by atoms with Gasteiger partial charge in [0.15, 0.2) is 17.5 Å². The molecule has 1 aromatic heterocycles. The third-order valence-electron chi connectivity index (χ3n) is 11.6. The average Bonchev–Trinajstić information content (AvgIpc) is 3.33. The molecular weight excluding hydrogens is 727 g/mol. The molecule has 280 valence electrons. The van der Waals surface area contributed by atoms with Crippen LogP contribution >= 0.6 is 0 Å². The summed E-state index contributed by atoms with van der Waals surface area (Å²) in [5.41, 5.74) is 12.3. The fourth-order valence-corrected chi connectivity index (χ4v) is 8.46. The zero-order valence-corrected chi connectivity index (χ0v) is 32.7. The van der Waals surface area contributed by atoms with Crippen molar-refractivity contribution in [3.8, 4) is 78.7 Å². The van der Waals surface area contributed by atoms with Gasteiger partial charge in [0.2, 0.25) is 0 Å². The monoisotopic (exact) mass is 763 g/mol. The van der Waals surface area contributed by atoms with E-state index in [0.717, 1.165) is 49.4 Å². The van der Waals surface area contributed by atoms with E-state index in [4.69, 9.17) is 15.0 Å². The van der Waals surface area contributed by atoms with E-state index in [0.29, 0.717) is 17.5 Å². The molecule has 0 fully saturated rings. The van der Waals surface area contributed by atoms with Gasteiger partial charge in [-0.2, -0.15) is 0 Å². The second-order valence-corrected chi connectivity index (χ2v) is 15.2. The molecule has 0 radical (unpaired) electrons. The van der Waals surface area contributed by atoms with E-state index in [-0.39, 0.29) is 0 Å². The van der Waals surface area contributed by atoms with Crippen molar-refractivity contribution in [1.29, 1.82) is 0 Å². The Hall–Kier alpha value is -8.01. The lowest BCUT2D eigenvalue weighted by Gasteiger charge is -2.13. The molecule has 0 N–H and O–H groups in total. The number of rotatable bonds is 7. The average molecular weight is 764 g/mol. The summed E-state index contributed by atoms with van der Waals surface area (Å²) in [5, 5.41) is 7.04. The fraction of sp³-hybridized carbons (Fsp3) is 0. The number of benzene rings is 10. The summed E-state index contributed by atoms with van der Waals surface area (Å²) in [6.07, 6.45) is 0. The zero-order valence-electron chi connectivity index (χ0n) is 32.7. The van der Waals surface area contributed by atoms with Crippen LogP contribution in [0.15, 0.2) is 224 Å². The summed E-state index contributed by atoms with van der Waals surface area (Å²) in [6, 6.07) is 79.5. The minimum Gasteiger partial charge on any atom is -0.208 e. The van der Waals surface area contributed by atoms with Crippen molar-refractivity contribution in [3.63, 3.8) is 0 Å². The molecule has 3 heteroatoms. The molecular formula is C57H37N3. The van der Waals surface area contributed by atoms with Crippen molar-refractivity contribution in [2.45, 2.75) is 0 Å². The van der Waals surface area contributed by atoms with Crippen LogP contribution < -0.4 is 0 Å². The molecule has 0 saturated heterocycles. The maximum absolute atomic E-state index is 5.22. The van der Waals surface area contributed by atoms with Gasteiger partial charge in [-0.05, 0) is 89.0 Å². The van der Waals surface area contributed by atoms with Gasteiger partial charge in [-0.1, -0.05) is 212 Å². The second-order valence-electron chi connectivity index (χ2n) is 15.2. The molecule has 3 nitrogen and oxygen atoms in total. The van der Waals surface area contributed by atoms with Crippen molar-refractivity contribution in [2.24, 2.45) is 0 Å². The Kier molecular flexibility index (Phi) is 8.83. The highest BCUT2D eigenvalue weighted by Crippen LogP contribution is 2.36. The molecule has 11 aromatic rings. The highest BCUT2D eigenvalue weighted by Gasteiger charge is 2.16. The minimum atomic E-state index is 0.628. The molecule has 10 aromatic carbocycles. The smallest absolute Gasteiger partial charge is 0.164 e. The Morgan fingerprint density at radius 3 is 1.30 bits per heavy atom. The highest BCUT2D eigenvalue weighted by molar-refractivity contribution is 6.04. The first-order valence-corrected chi connectivity index (χ1v) is 20.3. The van der Waals surface area contributed by atoms with Gasteiger partial charge in [-0.3, -0.25) is 0 Å². The summed E-state index contributed by atoms with van der Waals surface area (Å²) >= 11 is 0. The van der Waals surface area contributed by atoms with E-state index in [1.54, 1.807) is 0 Å². The van der Waals surface area contributed by atoms with Gasteiger partial charge in [0.05, 0.1) is 0 Å². The summed E-state index contributed by atoms with van der Waals surface area (Å²) in [4.78, 5) is 15.6. The lowest BCUT2D eigenvalue weighted by Crippen LogP contribution is -2.01. The molecule has 0 aliphatic heterocycles. The van der Waals surface area contributed by atoms with Crippen molar-refractivity contribution < 1.29 is 0 Å². The number of nitrogens with zero attached hydrogens (tertiary/aromatic N) is 3. The first-order valence-electron chi connectivity index (χ1n) is 20.3. The molecule has 0 aliphatic carbocycles. The maximum atomic E-state index is 5.22. The minimum absolute atomic E-state index is 0.628. The van der Waals surface area contributed by atoms with E-state index in [1.165, 1.54) is 44.2 Å². The zero-order chi connectivity index (χ0) is 39.8. The Labute approximate surface area is 349 Å². The van der Waals surface area contributed by atoms with Gasteiger partial charge in [0.25, 0.3) is 0 Å². The van der Waals surface area contributed by atoms with Gasteiger partial charge in [0.1, 0.15) is 0 Å². The molecule has 0 aliphatic rings. The van der Waals surface area contributed by atoms with Crippen LogP contribution in [0.25, 0.3) is 111 Å². The summed E-state index contributed by atoms with van der Waals surface area (Å²) < 4.78 is 0. The maximum Gasteiger partial charge on any atom is 0.164 e. The molecule has 0 saturated carbocycles. The van der Waals surface area contributed by atoms with Gasteiger partial charge in [0, 0.05) is 16.7 Å². The predicted molar refractivity (Wildman–Crippen MR) is 250 cm³/mol. The summed E-state index contributed by atoms with van der Waals surface area (Å²) in [5.74, 6) is 1.90. The Morgan fingerprint density at radius 2 is 0.600 bits per heavy atom. The van der Waals surface area contributed by atoms with Crippen LogP contribution in [0.3, 0.4) is 0 Å². The first kappa shape index (κ1) is 35.2. The van der Waals surface area contributed by atoms with E-state index < -0.39 is 0 Å². The van der Waals surface area contributed by atoms with Gasteiger partial charge in [-0.25, -0.2) is 15.0 Å². The SMILES string of the molecule is c1ccc(-c2ccc3cc(-c4nc(-c5ccc(-c6ccc(-c7cccc8ccccc78)cc6)cc5)nc(-c5cccc6c(-c7ccccc7)cccc56)n4)ccc3c2)cc1. The lowest BCUT2D eigenvalue weighted by atomic mass is 9.95. The fourth-order valence-electron chi connectivity index (χ4n) is 8.46. The topological polar surface area (TPSA) is 38.7 Å². The Morgan fingerprint density at radius 1 is 0.200 bits per heavy atom. The van der Waals surface area contributed by atoms with Crippen LogP contribution in [0.5, 0.6) is 0 Å². The standard InChI is InChI=1S/C57H37N3/c1-3-12-38(13-4-1)45-32-33-47-37-48(35-34-46(47)36-45)56-58-55(59-57(60-56)54-23-11-21-52-51(20-10-22-53(52)54)41-14-5-2-6-15-41)44-30-26-40(27-31-44)39-24-28-43(29-25-39)50-19-9-17-42-16-7-8-18-49(42)50/h1-37H. The van der Waals surface area contributed by atoms with Gasteiger partial charge < -0.3 is 0 Å². The molecule has 0 unspecified atom stereocenters. The number of fused-ring (bicyclic) bond motifs is 3. The van der Waals surface area contributed by atoms with Gasteiger partial charge in [-0.15, -0.1) is 0 Å². The number of aromatic nitrogens is 3. The van der Waals surface area contributed by atoms with Crippen molar-refractivity contribution >= 4 is 32.3 Å². The van der Waals surface area contributed by atoms with Crippen LogP contribution in [0, 0.1) is 0 Å². The van der Waals surface area contributed by atoms with Crippen LogP contribution in [0.4, 0.5) is 0 Å². The highest BCUT2D eigenvalue weighted by atomic mass is 15.0. The third kappa shape index (κ3) is 6.58. The lowest BCUT2D eigenvalue weighted by molar-refractivity contribution is 1.08. The molecule has 11 rings (SSSR count). The predicted octanol–water partition coefficient (Wildman–Crippen LogP) is 15.0. The normalized spacial score (nSPS) is 11.3. The molecule has 60 heavy (non-hydrogen) atoms. The third-order valence-corrected chi connectivity index (χ3v) is 11.6. The molecule has 0 amide bonds. The van der Waals surface area contributed by atoms with Crippen LogP contribution in [-0.4, -0.2) is 15.0 Å². The largest absolute Gasteiger partial charge is 0.208 e. The summed E-state index contributed by atoms with van der Waals surface area (Å²) in [6.45, 7) is 0. The molecule has 0 atom stereocenters.